The molecule has 1 aliphatic carbocycles. The van der Waals surface area contributed by atoms with Gasteiger partial charge in [0.15, 0.2) is 5.96 Å². The van der Waals surface area contributed by atoms with Crippen molar-refractivity contribution in [2.45, 2.75) is 43.7 Å². The van der Waals surface area contributed by atoms with E-state index in [9.17, 15) is 0 Å². The summed E-state index contributed by atoms with van der Waals surface area (Å²) in [4.78, 5) is 13.5. The molecule has 0 aromatic carbocycles. The zero-order chi connectivity index (χ0) is 18.6. The highest BCUT2D eigenvalue weighted by molar-refractivity contribution is 6.32. The Kier molecular flexibility index (Phi) is 6.24. The number of halogens is 1. The molecule has 7 heteroatoms. The molecule has 1 aliphatic heterocycles. The maximum absolute atomic E-state index is 6.29. The summed E-state index contributed by atoms with van der Waals surface area (Å²) >= 11 is 6.29. The van der Waals surface area contributed by atoms with Crippen molar-refractivity contribution in [2.75, 3.05) is 45.7 Å². The summed E-state index contributed by atoms with van der Waals surface area (Å²) in [6.07, 6.45) is 7.97. The number of aromatic nitrogens is 1. The van der Waals surface area contributed by atoms with E-state index in [1.54, 1.807) is 6.20 Å². The van der Waals surface area contributed by atoms with Crippen molar-refractivity contribution in [1.29, 1.82) is 0 Å². The van der Waals surface area contributed by atoms with E-state index >= 15 is 0 Å². The van der Waals surface area contributed by atoms with Gasteiger partial charge in [-0.1, -0.05) is 24.4 Å². The lowest BCUT2D eigenvalue weighted by Crippen LogP contribution is -2.54. The molecule has 26 heavy (non-hydrogen) atoms. The van der Waals surface area contributed by atoms with E-state index in [-0.39, 0.29) is 5.54 Å². The van der Waals surface area contributed by atoms with Gasteiger partial charge in [0, 0.05) is 44.5 Å². The normalized spacial score (nSPS) is 22.9. The van der Waals surface area contributed by atoms with E-state index in [2.05, 4.69) is 44.5 Å². The third-order valence-corrected chi connectivity index (χ3v) is 6.15. The van der Waals surface area contributed by atoms with Crippen LogP contribution in [-0.2, 0) is 0 Å². The second kappa shape index (κ2) is 8.44. The molecule has 0 bridgehead atoms. The number of anilines is 1. The largest absolute Gasteiger partial charge is 0.355 e. The van der Waals surface area contributed by atoms with Crippen LogP contribution in [0.4, 0.5) is 5.82 Å². The van der Waals surface area contributed by atoms with Gasteiger partial charge in [-0.15, -0.1) is 0 Å². The van der Waals surface area contributed by atoms with Crippen molar-refractivity contribution in [3.05, 3.63) is 23.4 Å². The molecule has 1 aromatic heterocycles. The lowest BCUT2D eigenvalue weighted by Gasteiger charge is -2.37. The molecule has 3 rings (SSSR count). The Morgan fingerprint density at radius 2 is 2.19 bits per heavy atom. The van der Waals surface area contributed by atoms with Gasteiger partial charge in [0.2, 0.25) is 0 Å². The van der Waals surface area contributed by atoms with E-state index < -0.39 is 0 Å². The van der Waals surface area contributed by atoms with Crippen molar-refractivity contribution in [3.8, 4) is 0 Å². The smallest absolute Gasteiger partial charge is 0.191 e. The fraction of sp³-hybridized carbons (Fsp3) is 0.684. The molecule has 2 fully saturated rings. The maximum atomic E-state index is 6.29. The van der Waals surface area contributed by atoms with Crippen LogP contribution in [0.3, 0.4) is 0 Å². The van der Waals surface area contributed by atoms with Gasteiger partial charge < -0.3 is 20.4 Å². The molecule has 0 radical (unpaired) electrons. The summed E-state index contributed by atoms with van der Waals surface area (Å²) in [6.45, 7) is 2.77. The molecule has 1 unspecified atom stereocenters. The minimum Gasteiger partial charge on any atom is -0.355 e. The van der Waals surface area contributed by atoms with Gasteiger partial charge in [0.1, 0.15) is 5.82 Å². The summed E-state index contributed by atoms with van der Waals surface area (Å²) < 4.78 is 0. The third-order valence-electron chi connectivity index (χ3n) is 5.86. The van der Waals surface area contributed by atoms with E-state index in [4.69, 9.17) is 11.6 Å². The Bertz CT molecular complexity index is 626. The van der Waals surface area contributed by atoms with Crippen LogP contribution in [0.2, 0.25) is 5.02 Å². The third kappa shape index (κ3) is 4.23. The number of aliphatic imine (C=N–C) groups is 1. The molecule has 0 amide bonds. The Morgan fingerprint density at radius 3 is 2.85 bits per heavy atom. The van der Waals surface area contributed by atoms with Crippen LogP contribution in [0.15, 0.2) is 23.3 Å². The minimum absolute atomic E-state index is 0.251. The quantitative estimate of drug-likeness (QED) is 0.608. The Balaban J connectivity index is 1.54. The number of nitrogens with one attached hydrogen (secondary N) is 2. The number of guanidine groups is 1. The van der Waals surface area contributed by atoms with Crippen molar-refractivity contribution in [2.24, 2.45) is 4.99 Å². The van der Waals surface area contributed by atoms with Crippen molar-refractivity contribution in [1.82, 2.24) is 20.5 Å². The topological polar surface area (TPSA) is 55.8 Å². The fourth-order valence-electron chi connectivity index (χ4n) is 4.13. The highest BCUT2D eigenvalue weighted by Crippen LogP contribution is 2.33. The van der Waals surface area contributed by atoms with E-state index in [0.717, 1.165) is 37.8 Å². The molecule has 1 saturated heterocycles. The minimum atomic E-state index is 0.251. The zero-order valence-corrected chi connectivity index (χ0v) is 16.9. The number of hydrogen-bond donors (Lipinski definition) is 2. The van der Waals surface area contributed by atoms with Crippen molar-refractivity contribution >= 4 is 23.4 Å². The molecule has 144 valence electrons. The van der Waals surface area contributed by atoms with Gasteiger partial charge in [0.05, 0.1) is 5.02 Å². The first-order valence-corrected chi connectivity index (χ1v) is 9.92. The van der Waals surface area contributed by atoms with Gasteiger partial charge in [-0.2, -0.15) is 0 Å². The van der Waals surface area contributed by atoms with Crippen LogP contribution in [0.5, 0.6) is 0 Å². The SMILES string of the molecule is CN=C(NCC1(N(C)C)CCCC1)NC1CCN(c2ncccc2Cl)C1. The number of pyridine rings is 1. The number of rotatable bonds is 5. The van der Waals surface area contributed by atoms with Crippen LogP contribution < -0.4 is 15.5 Å². The van der Waals surface area contributed by atoms with Gasteiger partial charge in [-0.3, -0.25) is 4.99 Å². The zero-order valence-electron chi connectivity index (χ0n) is 16.1. The summed E-state index contributed by atoms with van der Waals surface area (Å²) in [7, 11) is 6.22. The lowest BCUT2D eigenvalue weighted by atomic mass is 9.96. The highest BCUT2D eigenvalue weighted by Gasteiger charge is 2.36. The van der Waals surface area contributed by atoms with Crippen LogP contribution >= 0.6 is 11.6 Å². The lowest BCUT2D eigenvalue weighted by molar-refractivity contribution is 0.160. The molecule has 1 aromatic rings. The number of nitrogens with zero attached hydrogens (tertiary/aromatic N) is 4. The molecular formula is C19H31ClN6. The molecule has 0 spiro atoms. The summed E-state index contributed by atoms with van der Waals surface area (Å²) in [5.41, 5.74) is 0.251. The Labute approximate surface area is 162 Å². The average molecular weight is 379 g/mol. The van der Waals surface area contributed by atoms with Gasteiger partial charge in [0.25, 0.3) is 0 Å². The van der Waals surface area contributed by atoms with E-state index in [0.29, 0.717) is 11.1 Å². The van der Waals surface area contributed by atoms with Gasteiger partial charge in [-0.25, -0.2) is 4.98 Å². The summed E-state index contributed by atoms with van der Waals surface area (Å²) in [5, 5.41) is 7.85. The second-order valence-corrected chi connectivity index (χ2v) is 8.04. The number of hydrogen-bond acceptors (Lipinski definition) is 4. The van der Waals surface area contributed by atoms with Crippen LogP contribution in [-0.4, -0.2) is 68.2 Å². The maximum Gasteiger partial charge on any atom is 0.191 e. The molecular weight excluding hydrogens is 348 g/mol. The van der Waals surface area contributed by atoms with Gasteiger partial charge in [-0.05, 0) is 45.5 Å². The molecule has 2 heterocycles. The highest BCUT2D eigenvalue weighted by atomic mass is 35.5. The van der Waals surface area contributed by atoms with Crippen LogP contribution in [0, 0.1) is 0 Å². The van der Waals surface area contributed by atoms with Crippen molar-refractivity contribution < 1.29 is 0 Å². The summed E-state index contributed by atoms with van der Waals surface area (Å²) in [5.74, 6) is 1.76. The fourth-order valence-corrected chi connectivity index (χ4v) is 4.37. The van der Waals surface area contributed by atoms with Crippen LogP contribution in [0.1, 0.15) is 32.1 Å². The van der Waals surface area contributed by atoms with Gasteiger partial charge >= 0.3 is 0 Å². The molecule has 2 N–H and O–H groups in total. The average Bonchev–Trinajstić information content (AvgIpc) is 3.29. The second-order valence-electron chi connectivity index (χ2n) is 7.64. The molecule has 1 saturated carbocycles. The monoisotopic (exact) mass is 378 g/mol. The predicted molar refractivity (Wildman–Crippen MR) is 109 cm³/mol. The van der Waals surface area contributed by atoms with E-state index in [1.165, 1.54) is 25.7 Å². The number of likely N-dealkylation sites (N-methyl/N-ethyl adjacent to an activating group) is 1. The molecule has 2 aliphatic rings. The Morgan fingerprint density at radius 1 is 1.42 bits per heavy atom. The van der Waals surface area contributed by atoms with Crippen LogP contribution in [0.25, 0.3) is 0 Å². The molecule has 1 atom stereocenters. The van der Waals surface area contributed by atoms with E-state index in [1.807, 2.05) is 19.2 Å². The molecule has 6 nitrogen and oxygen atoms in total. The first kappa shape index (κ1) is 19.2. The first-order valence-electron chi connectivity index (χ1n) is 9.54. The standard InChI is InChI=1S/C19H31ClN6/c1-21-18(23-14-19(25(2)3)9-4-5-10-19)24-15-8-12-26(13-15)17-16(20)7-6-11-22-17/h6-7,11,15H,4-5,8-10,12-14H2,1-3H3,(H2,21,23,24). The first-order chi connectivity index (χ1) is 12.5. The summed E-state index contributed by atoms with van der Waals surface area (Å²) in [6, 6.07) is 4.11. The Hall–Kier alpha value is -1.53. The predicted octanol–water partition coefficient (Wildman–Crippen LogP) is 2.35. The van der Waals surface area contributed by atoms with Crippen molar-refractivity contribution in [3.63, 3.8) is 0 Å².